The molecular formula is C21H25N3O4S. The number of para-hydroxylation sites is 1. The smallest absolute Gasteiger partial charge is 0.309 e. The minimum atomic E-state index is -0.300. The lowest BCUT2D eigenvalue weighted by molar-refractivity contribution is -0.144. The Labute approximate surface area is 175 Å². The predicted molar refractivity (Wildman–Crippen MR) is 113 cm³/mol. The summed E-state index contributed by atoms with van der Waals surface area (Å²) in [5, 5.41) is 5.54. The molecule has 0 spiro atoms. The van der Waals surface area contributed by atoms with Crippen LogP contribution in [0.3, 0.4) is 0 Å². The third-order valence-electron chi connectivity index (χ3n) is 5.35. The van der Waals surface area contributed by atoms with Gasteiger partial charge in [-0.15, -0.1) is 0 Å². The Morgan fingerprint density at radius 1 is 1.24 bits per heavy atom. The van der Waals surface area contributed by atoms with Crippen molar-refractivity contribution >= 4 is 40.8 Å². The molecule has 2 N–H and O–H groups in total. The molecule has 8 heteroatoms. The number of anilines is 1. The second-order valence-electron chi connectivity index (χ2n) is 7.47. The average Bonchev–Trinajstić information content (AvgIpc) is 3.11. The zero-order valence-corrected chi connectivity index (χ0v) is 17.5. The number of cyclic esters (lactones) is 1. The molecule has 2 amide bonds. The van der Waals surface area contributed by atoms with Crippen molar-refractivity contribution in [1.82, 2.24) is 10.6 Å². The number of carbonyl (C=O) groups excluding carboxylic acids is 3. The number of nitrogens with one attached hydrogen (secondary N) is 2. The molecule has 3 rings (SSSR count). The highest BCUT2D eigenvalue weighted by Crippen LogP contribution is 2.29. The Hall–Kier alpha value is -2.74. The zero-order valence-electron chi connectivity index (χ0n) is 16.7. The maximum absolute atomic E-state index is 12.9. The molecule has 3 atom stereocenters. The second-order valence-corrected chi connectivity index (χ2v) is 7.87. The van der Waals surface area contributed by atoms with Gasteiger partial charge in [0.05, 0.1) is 18.1 Å². The first kappa shape index (κ1) is 21.0. The molecule has 0 radical (unpaired) electrons. The Kier molecular flexibility index (Phi) is 6.32. The van der Waals surface area contributed by atoms with Crippen LogP contribution in [0.25, 0.3) is 0 Å². The van der Waals surface area contributed by atoms with Gasteiger partial charge in [0.15, 0.2) is 5.11 Å². The lowest BCUT2D eigenvalue weighted by Crippen LogP contribution is -2.42. The number of carbonyl (C=O) groups is 3. The van der Waals surface area contributed by atoms with Crippen LogP contribution in [-0.4, -0.2) is 35.0 Å². The van der Waals surface area contributed by atoms with Crippen molar-refractivity contribution in [3.8, 4) is 0 Å². The largest absolute Gasteiger partial charge is 0.462 e. The quantitative estimate of drug-likeness (QED) is 0.567. The van der Waals surface area contributed by atoms with E-state index >= 15 is 0 Å². The molecule has 0 aromatic heterocycles. The van der Waals surface area contributed by atoms with E-state index in [0.717, 1.165) is 11.3 Å². The van der Waals surface area contributed by atoms with E-state index in [1.165, 1.54) is 0 Å². The predicted octanol–water partition coefficient (Wildman–Crippen LogP) is 2.42. The number of ether oxygens (including phenoxy) is 1. The van der Waals surface area contributed by atoms with Crippen molar-refractivity contribution in [2.45, 2.75) is 52.2 Å². The maximum atomic E-state index is 12.9. The lowest BCUT2D eigenvalue weighted by atomic mass is 9.99. The Morgan fingerprint density at radius 3 is 2.55 bits per heavy atom. The molecule has 2 aliphatic rings. The van der Waals surface area contributed by atoms with E-state index in [2.05, 4.69) is 10.6 Å². The third kappa shape index (κ3) is 4.64. The summed E-state index contributed by atoms with van der Waals surface area (Å²) in [5.74, 6) is -0.996. The first-order chi connectivity index (χ1) is 13.8. The summed E-state index contributed by atoms with van der Waals surface area (Å²) in [5.41, 5.74) is 2.02. The molecule has 1 fully saturated rings. The number of esters is 1. The van der Waals surface area contributed by atoms with Crippen LogP contribution in [0, 0.1) is 5.92 Å². The van der Waals surface area contributed by atoms with Crippen molar-refractivity contribution in [3.63, 3.8) is 0 Å². The van der Waals surface area contributed by atoms with Crippen molar-refractivity contribution < 1.29 is 19.1 Å². The normalized spacial score (nSPS) is 24.0. The van der Waals surface area contributed by atoms with Crippen LogP contribution < -0.4 is 15.5 Å². The summed E-state index contributed by atoms with van der Waals surface area (Å²) in [6.07, 6.45) is 1.10. The van der Waals surface area contributed by atoms with E-state index in [9.17, 15) is 14.4 Å². The molecule has 1 aromatic rings. The fourth-order valence-electron chi connectivity index (χ4n) is 3.66. The minimum Gasteiger partial charge on any atom is -0.462 e. The van der Waals surface area contributed by atoms with Crippen molar-refractivity contribution in [2.24, 2.45) is 5.92 Å². The van der Waals surface area contributed by atoms with Crippen molar-refractivity contribution in [1.29, 1.82) is 0 Å². The highest BCUT2D eigenvalue weighted by Gasteiger charge is 2.36. The first-order valence-corrected chi connectivity index (χ1v) is 10.1. The monoisotopic (exact) mass is 415 g/mol. The number of benzene rings is 1. The van der Waals surface area contributed by atoms with Gasteiger partial charge in [0, 0.05) is 12.1 Å². The molecular weight excluding hydrogens is 390 g/mol. The molecule has 0 bridgehead atoms. The van der Waals surface area contributed by atoms with E-state index in [0.29, 0.717) is 18.5 Å². The van der Waals surface area contributed by atoms with Crippen LogP contribution in [0.4, 0.5) is 5.69 Å². The molecule has 0 saturated carbocycles. The maximum Gasteiger partial charge on any atom is 0.309 e. The highest BCUT2D eigenvalue weighted by atomic mass is 32.1. The van der Waals surface area contributed by atoms with E-state index in [-0.39, 0.29) is 47.4 Å². The summed E-state index contributed by atoms with van der Waals surface area (Å²) in [4.78, 5) is 38.4. The van der Waals surface area contributed by atoms with Crippen LogP contribution in [0.15, 0.2) is 41.6 Å². The van der Waals surface area contributed by atoms with Gasteiger partial charge in [-0.2, -0.15) is 0 Å². The molecule has 1 aromatic carbocycles. The summed E-state index contributed by atoms with van der Waals surface area (Å²) >= 11 is 5.22. The zero-order chi connectivity index (χ0) is 21.1. The molecule has 154 valence electrons. The van der Waals surface area contributed by atoms with Crippen LogP contribution in [0.2, 0.25) is 0 Å². The number of amides is 2. The third-order valence-corrected chi connectivity index (χ3v) is 5.56. The van der Waals surface area contributed by atoms with Crippen LogP contribution >= 0.6 is 12.2 Å². The van der Waals surface area contributed by atoms with Crippen molar-refractivity contribution in [2.75, 3.05) is 4.90 Å². The summed E-state index contributed by atoms with van der Waals surface area (Å²) in [6, 6.07) is 9.27. The van der Waals surface area contributed by atoms with Gasteiger partial charge < -0.3 is 20.3 Å². The van der Waals surface area contributed by atoms with Gasteiger partial charge in [0.25, 0.3) is 5.91 Å². The fraction of sp³-hybridized carbons (Fsp3) is 0.429. The fourth-order valence-corrected chi connectivity index (χ4v) is 3.88. The number of thiocarbonyl (C=S) groups is 1. The SMILES string of the molecule is CC1=C(NC(=S)NC(=O)CC[C@H]2C[C@H](C)OC2=O)C(=O)N(c2ccccc2)[C@H]1C. The van der Waals surface area contributed by atoms with Gasteiger partial charge in [0.2, 0.25) is 5.91 Å². The van der Waals surface area contributed by atoms with Gasteiger partial charge >= 0.3 is 5.97 Å². The Morgan fingerprint density at radius 2 is 1.93 bits per heavy atom. The molecule has 29 heavy (non-hydrogen) atoms. The Balaban J connectivity index is 1.55. The topological polar surface area (TPSA) is 87.7 Å². The number of nitrogens with zero attached hydrogens (tertiary/aromatic N) is 1. The molecule has 2 aliphatic heterocycles. The van der Waals surface area contributed by atoms with Gasteiger partial charge in [-0.05, 0) is 63.5 Å². The van der Waals surface area contributed by atoms with Gasteiger partial charge in [-0.1, -0.05) is 18.2 Å². The van der Waals surface area contributed by atoms with E-state index in [1.54, 1.807) is 4.90 Å². The van der Waals surface area contributed by atoms with E-state index in [1.807, 2.05) is 51.1 Å². The summed E-state index contributed by atoms with van der Waals surface area (Å²) in [7, 11) is 0. The van der Waals surface area contributed by atoms with Crippen LogP contribution in [-0.2, 0) is 19.1 Å². The van der Waals surface area contributed by atoms with Gasteiger partial charge in [-0.3, -0.25) is 14.4 Å². The highest BCUT2D eigenvalue weighted by molar-refractivity contribution is 7.80. The first-order valence-electron chi connectivity index (χ1n) is 9.68. The Bertz CT molecular complexity index is 868. The average molecular weight is 416 g/mol. The van der Waals surface area contributed by atoms with Crippen molar-refractivity contribution in [3.05, 3.63) is 41.6 Å². The minimum absolute atomic E-state index is 0.0715. The van der Waals surface area contributed by atoms with E-state index < -0.39 is 0 Å². The van der Waals surface area contributed by atoms with E-state index in [4.69, 9.17) is 17.0 Å². The standard InChI is InChI=1S/C21H25N3O4S/c1-12-11-15(20(27)28-12)9-10-17(25)22-21(29)23-18-13(2)14(3)24(19(18)26)16-7-5-4-6-8-16/h4-8,12,14-15H,9-11H2,1-3H3,(H2,22,23,25,29)/t12-,14-,15-/m0/s1. The summed E-state index contributed by atoms with van der Waals surface area (Å²) < 4.78 is 5.10. The van der Waals surface area contributed by atoms with Crippen LogP contribution in [0.5, 0.6) is 0 Å². The molecule has 1 saturated heterocycles. The second kappa shape index (κ2) is 8.73. The number of rotatable bonds is 5. The molecule has 0 aliphatic carbocycles. The van der Waals surface area contributed by atoms with Gasteiger partial charge in [-0.25, -0.2) is 0 Å². The van der Waals surface area contributed by atoms with Gasteiger partial charge in [0.1, 0.15) is 5.70 Å². The molecule has 2 heterocycles. The number of hydrogen-bond acceptors (Lipinski definition) is 5. The molecule has 7 nitrogen and oxygen atoms in total. The van der Waals surface area contributed by atoms with Crippen LogP contribution in [0.1, 0.15) is 40.0 Å². The number of hydrogen-bond donors (Lipinski definition) is 2. The molecule has 0 unspecified atom stereocenters. The summed E-state index contributed by atoms with van der Waals surface area (Å²) in [6.45, 7) is 5.65. The lowest BCUT2D eigenvalue weighted by Gasteiger charge is -2.23.